The molecule has 2 aromatic carbocycles. The van der Waals surface area contributed by atoms with E-state index < -0.39 is 22.7 Å². The summed E-state index contributed by atoms with van der Waals surface area (Å²) in [6, 6.07) is 16.1. The van der Waals surface area contributed by atoms with Crippen LogP contribution in [0.3, 0.4) is 0 Å². The van der Waals surface area contributed by atoms with Crippen LogP contribution >= 0.6 is 0 Å². The molecule has 0 unspecified atom stereocenters. The van der Waals surface area contributed by atoms with E-state index in [4.69, 9.17) is 9.31 Å². The topological polar surface area (TPSA) is 64.6 Å². The normalized spacial score (nSPS) is 16.5. The summed E-state index contributed by atoms with van der Waals surface area (Å²) in [6.07, 6.45) is 0.594. The van der Waals surface area contributed by atoms with E-state index >= 15 is 0 Å². The lowest BCUT2D eigenvalue weighted by molar-refractivity contribution is 0.173. The van der Waals surface area contributed by atoms with E-state index in [1.165, 1.54) is 0 Å². The molecule has 3 rings (SSSR count). The second-order valence-electron chi connectivity index (χ2n) is 6.70. The zero-order valence-electron chi connectivity index (χ0n) is 14.9. The second kappa shape index (κ2) is 7.27. The first-order valence-electron chi connectivity index (χ1n) is 8.45. The van der Waals surface area contributed by atoms with Crippen molar-refractivity contribution in [3.8, 4) is 0 Å². The molecule has 0 amide bonds. The zero-order valence-corrected chi connectivity index (χ0v) is 15.8. The molecule has 7 heteroatoms. The van der Waals surface area contributed by atoms with Crippen LogP contribution in [0.5, 0.6) is 0 Å². The highest BCUT2D eigenvalue weighted by Gasteiger charge is 2.42. The van der Waals surface area contributed by atoms with Gasteiger partial charge in [0.1, 0.15) is 5.60 Å². The Morgan fingerprint density at radius 2 is 1.73 bits per heavy atom. The van der Waals surface area contributed by atoms with Gasteiger partial charge in [-0.15, -0.1) is 0 Å². The molecule has 0 spiro atoms. The van der Waals surface area contributed by atoms with Crippen LogP contribution < -0.4 is 10.2 Å². The molecule has 0 aliphatic carbocycles. The fourth-order valence-corrected chi connectivity index (χ4v) is 3.67. The van der Waals surface area contributed by atoms with Crippen molar-refractivity contribution in [1.82, 2.24) is 4.72 Å². The van der Waals surface area contributed by atoms with Crippen LogP contribution in [-0.4, -0.2) is 27.7 Å². The number of sulfonamides is 1. The smallest absolute Gasteiger partial charge is 0.534 e. The van der Waals surface area contributed by atoms with E-state index in [0.717, 1.165) is 11.0 Å². The fourth-order valence-electron chi connectivity index (χ4n) is 2.62. The maximum absolute atomic E-state index is 12.2. The van der Waals surface area contributed by atoms with Crippen LogP contribution in [0, 0.1) is 0 Å². The molecule has 0 atom stereocenters. The monoisotopic (exact) mass is 371 g/mol. The van der Waals surface area contributed by atoms with Gasteiger partial charge in [0.05, 0.1) is 10.7 Å². The van der Waals surface area contributed by atoms with Crippen molar-refractivity contribution in [3.63, 3.8) is 0 Å². The van der Waals surface area contributed by atoms with Crippen molar-refractivity contribution in [2.75, 3.05) is 6.54 Å². The first-order chi connectivity index (χ1) is 12.3. The Hall–Kier alpha value is -2.09. The number of benzene rings is 2. The van der Waals surface area contributed by atoms with Gasteiger partial charge >= 0.3 is 7.12 Å². The van der Waals surface area contributed by atoms with Crippen LogP contribution in [-0.2, 0) is 25.8 Å². The lowest BCUT2D eigenvalue weighted by Crippen LogP contribution is -2.34. The van der Waals surface area contributed by atoms with E-state index in [-0.39, 0.29) is 4.90 Å². The van der Waals surface area contributed by atoms with Crippen molar-refractivity contribution in [3.05, 3.63) is 72.5 Å². The molecule has 26 heavy (non-hydrogen) atoms. The fraction of sp³-hybridized carbons (Fsp3) is 0.263. The van der Waals surface area contributed by atoms with Crippen molar-refractivity contribution in [2.45, 2.75) is 30.8 Å². The molecule has 1 fully saturated rings. The first kappa shape index (κ1) is 18.7. The lowest BCUT2D eigenvalue weighted by atomic mass is 9.79. The van der Waals surface area contributed by atoms with Crippen molar-refractivity contribution in [1.29, 1.82) is 0 Å². The Morgan fingerprint density at radius 1 is 1.08 bits per heavy atom. The molecule has 2 aromatic rings. The summed E-state index contributed by atoms with van der Waals surface area (Å²) in [5.41, 5.74) is 1.44. The van der Waals surface area contributed by atoms with E-state index in [0.29, 0.717) is 18.7 Å². The zero-order chi connectivity index (χ0) is 18.8. The maximum atomic E-state index is 12.2. The van der Waals surface area contributed by atoms with E-state index in [1.807, 2.05) is 38.1 Å². The highest BCUT2D eigenvalue weighted by atomic mass is 32.2. The molecule has 5 nitrogen and oxygen atoms in total. The van der Waals surface area contributed by atoms with Crippen molar-refractivity contribution in [2.24, 2.45) is 0 Å². The van der Waals surface area contributed by atoms with Gasteiger partial charge in [0.25, 0.3) is 0 Å². The average Bonchev–Trinajstić information content (AvgIpc) is 2.89. The summed E-state index contributed by atoms with van der Waals surface area (Å²) in [7, 11) is -3.93. The predicted molar refractivity (Wildman–Crippen MR) is 103 cm³/mol. The van der Waals surface area contributed by atoms with Gasteiger partial charge in [0.2, 0.25) is 10.0 Å². The molecule has 1 heterocycles. The molecule has 0 aromatic heterocycles. The number of rotatable bonds is 6. The first-order valence-corrected chi connectivity index (χ1v) is 9.94. The Kier molecular flexibility index (Phi) is 5.23. The van der Waals surface area contributed by atoms with Gasteiger partial charge in [-0.1, -0.05) is 49.0 Å². The number of hydrogen-bond donors (Lipinski definition) is 1. The maximum Gasteiger partial charge on any atom is 0.563 e. The Labute approximate surface area is 155 Å². The molecule has 0 saturated carbocycles. The minimum Gasteiger partial charge on any atom is -0.534 e. The molecule has 1 aliphatic heterocycles. The molecule has 1 aliphatic rings. The van der Waals surface area contributed by atoms with Gasteiger partial charge < -0.3 is 9.31 Å². The third-order valence-corrected chi connectivity index (χ3v) is 5.81. The Morgan fingerprint density at radius 3 is 2.31 bits per heavy atom. The number of hydrogen-bond acceptors (Lipinski definition) is 4. The molecular weight excluding hydrogens is 349 g/mol. The highest BCUT2D eigenvalue weighted by Crippen LogP contribution is 2.29. The summed E-state index contributed by atoms with van der Waals surface area (Å²) in [6.45, 7) is 8.04. The summed E-state index contributed by atoms with van der Waals surface area (Å²) in [5, 5.41) is 0. The molecular formula is C19H22BNO4S. The van der Waals surface area contributed by atoms with Gasteiger partial charge in [0.15, 0.2) is 0 Å². The minimum atomic E-state index is -3.47. The van der Waals surface area contributed by atoms with Crippen LogP contribution in [0.15, 0.2) is 71.8 Å². The van der Waals surface area contributed by atoms with Crippen LogP contribution in [0.25, 0.3) is 0 Å². The molecule has 136 valence electrons. The van der Waals surface area contributed by atoms with Gasteiger partial charge in [-0.2, -0.15) is 0 Å². The SMILES string of the molecule is C=C1OB(c2ccc(CCNS(=O)(=O)c3ccccc3)cc2)OC1(C)C. The highest BCUT2D eigenvalue weighted by molar-refractivity contribution is 7.89. The summed E-state index contributed by atoms with van der Waals surface area (Å²) >= 11 is 0. The molecule has 0 bridgehead atoms. The van der Waals surface area contributed by atoms with Crippen LogP contribution in [0.2, 0.25) is 0 Å². The van der Waals surface area contributed by atoms with E-state index in [2.05, 4.69) is 11.3 Å². The largest absolute Gasteiger partial charge is 0.563 e. The van der Waals surface area contributed by atoms with Crippen molar-refractivity contribution < 1.29 is 17.7 Å². The van der Waals surface area contributed by atoms with Crippen molar-refractivity contribution >= 4 is 22.6 Å². The van der Waals surface area contributed by atoms with Gasteiger partial charge in [-0.3, -0.25) is 0 Å². The Bertz CT molecular complexity index is 880. The van der Waals surface area contributed by atoms with E-state index in [1.54, 1.807) is 30.3 Å². The minimum absolute atomic E-state index is 0.272. The second-order valence-corrected chi connectivity index (χ2v) is 8.47. The van der Waals surface area contributed by atoms with Gasteiger partial charge in [-0.05, 0) is 43.4 Å². The molecule has 0 radical (unpaired) electrons. The van der Waals surface area contributed by atoms with Crippen LogP contribution in [0.1, 0.15) is 19.4 Å². The molecule has 1 N–H and O–H groups in total. The number of nitrogens with one attached hydrogen (secondary N) is 1. The summed E-state index contributed by atoms with van der Waals surface area (Å²) < 4.78 is 38.5. The van der Waals surface area contributed by atoms with Gasteiger partial charge in [0, 0.05) is 6.54 Å². The average molecular weight is 371 g/mol. The van der Waals surface area contributed by atoms with Gasteiger partial charge in [-0.25, -0.2) is 13.1 Å². The predicted octanol–water partition coefficient (Wildman–Crippen LogP) is 2.24. The lowest BCUT2D eigenvalue weighted by Gasteiger charge is -2.15. The third-order valence-electron chi connectivity index (χ3n) is 4.33. The van der Waals surface area contributed by atoms with E-state index in [9.17, 15) is 8.42 Å². The third kappa shape index (κ3) is 4.18. The summed E-state index contributed by atoms with van der Waals surface area (Å²) in [4.78, 5) is 0.272. The summed E-state index contributed by atoms with van der Waals surface area (Å²) in [5.74, 6) is 0.613. The molecule has 1 saturated heterocycles. The Balaban J connectivity index is 1.56. The van der Waals surface area contributed by atoms with Crippen LogP contribution in [0.4, 0.5) is 0 Å². The standard InChI is InChI=1S/C19H22BNO4S/c1-15-19(2,3)25-20(24-15)17-11-9-16(10-12-17)13-14-21-26(22,23)18-7-5-4-6-8-18/h4-12,21H,1,13-14H2,2-3H3. The quantitative estimate of drug-likeness (QED) is 0.791.